The third-order valence-corrected chi connectivity index (χ3v) is 6.25. The number of hydrogen-bond acceptors (Lipinski definition) is 6. The highest BCUT2D eigenvalue weighted by Gasteiger charge is 2.07. The van der Waals surface area contributed by atoms with Gasteiger partial charge in [-0.15, -0.1) is 0 Å². The molecule has 0 bridgehead atoms. The summed E-state index contributed by atoms with van der Waals surface area (Å²) in [6, 6.07) is 18.0. The van der Waals surface area contributed by atoms with Gasteiger partial charge in [-0.25, -0.2) is 4.98 Å². The Balaban J connectivity index is 1.52. The summed E-state index contributed by atoms with van der Waals surface area (Å²) in [4.78, 5) is 11.3. The van der Waals surface area contributed by atoms with Crippen LogP contribution in [-0.2, 0) is 11.2 Å². The van der Waals surface area contributed by atoms with Crippen molar-refractivity contribution in [1.82, 2.24) is 14.9 Å². The van der Waals surface area contributed by atoms with Gasteiger partial charge in [-0.3, -0.25) is 0 Å². The zero-order valence-corrected chi connectivity index (χ0v) is 23.9. The average molecular weight is 548 g/mol. The van der Waals surface area contributed by atoms with Crippen LogP contribution in [0.15, 0.2) is 91.2 Å². The van der Waals surface area contributed by atoms with E-state index in [-0.39, 0.29) is 0 Å². The Morgan fingerprint density at radius 3 is 2.41 bits per heavy atom. The summed E-state index contributed by atoms with van der Waals surface area (Å²) >= 11 is 5.95. The molecular formula is C32H38ClN3O3. The van der Waals surface area contributed by atoms with Crippen LogP contribution in [0.2, 0.25) is 5.02 Å². The number of ether oxygens (including phenoxy) is 3. The summed E-state index contributed by atoms with van der Waals surface area (Å²) in [6.07, 6.45) is 8.13. The molecule has 3 rings (SSSR count). The van der Waals surface area contributed by atoms with Gasteiger partial charge in [0.2, 0.25) is 0 Å². The summed E-state index contributed by atoms with van der Waals surface area (Å²) in [7, 11) is 0. The molecule has 206 valence electrons. The molecular weight excluding hydrogens is 510 g/mol. The molecule has 1 heterocycles. The summed E-state index contributed by atoms with van der Waals surface area (Å²) in [5.74, 6) is 1.55. The molecule has 0 N–H and O–H groups in total. The number of aryl methyl sites for hydroxylation is 1. The van der Waals surface area contributed by atoms with Crippen molar-refractivity contribution in [3.05, 3.63) is 108 Å². The van der Waals surface area contributed by atoms with E-state index in [9.17, 15) is 0 Å². The third kappa shape index (κ3) is 10.6. The van der Waals surface area contributed by atoms with Gasteiger partial charge >= 0.3 is 6.01 Å². The largest absolute Gasteiger partial charge is 0.493 e. The number of likely N-dealkylation sites (N-methyl/N-ethyl adjacent to an activating group) is 1. The van der Waals surface area contributed by atoms with Crippen LogP contribution < -0.4 is 9.47 Å². The lowest BCUT2D eigenvalue weighted by Gasteiger charge is -2.18. The predicted octanol–water partition coefficient (Wildman–Crippen LogP) is 7.09. The lowest BCUT2D eigenvalue weighted by molar-refractivity contribution is 0.171. The number of halogens is 1. The smallest absolute Gasteiger partial charge is 0.317 e. The van der Waals surface area contributed by atoms with E-state index in [2.05, 4.69) is 35.3 Å². The second-order valence-corrected chi connectivity index (χ2v) is 9.26. The minimum absolute atomic E-state index is 0.317. The Bertz CT molecular complexity index is 1220. The van der Waals surface area contributed by atoms with Crippen molar-refractivity contribution in [1.29, 1.82) is 0 Å². The van der Waals surface area contributed by atoms with Gasteiger partial charge in [0.15, 0.2) is 0 Å². The van der Waals surface area contributed by atoms with Gasteiger partial charge in [0.25, 0.3) is 0 Å². The standard InChI is InChI=1S/C32H38ClN3O3/c1-5-9-29(38-23-20-36(6-2)7-3)10-8-21-39-32-34-25(4)24-31(35-32)27-13-17-30(18-14-27)37-22-19-26-11-15-28(33)16-12-26/h5,8-18,24H,1,6-7,19-23H2,2-4H3/b10-8-,29-9+. The highest BCUT2D eigenvalue weighted by Crippen LogP contribution is 2.23. The number of allylic oxidation sites excluding steroid dienone is 3. The van der Waals surface area contributed by atoms with E-state index >= 15 is 0 Å². The van der Waals surface area contributed by atoms with Gasteiger partial charge < -0.3 is 19.1 Å². The minimum Gasteiger partial charge on any atom is -0.493 e. The molecule has 3 aromatic rings. The Morgan fingerprint density at radius 2 is 1.72 bits per heavy atom. The van der Waals surface area contributed by atoms with Crippen LogP contribution in [0, 0.1) is 6.92 Å². The molecule has 39 heavy (non-hydrogen) atoms. The van der Waals surface area contributed by atoms with Crippen molar-refractivity contribution in [2.75, 3.05) is 39.5 Å². The van der Waals surface area contributed by atoms with Crippen LogP contribution in [0.3, 0.4) is 0 Å². The molecule has 0 fully saturated rings. The van der Waals surface area contributed by atoms with E-state index in [0.717, 1.165) is 59.5 Å². The van der Waals surface area contributed by atoms with Gasteiger partial charge in [-0.1, -0.05) is 50.2 Å². The molecule has 0 amide bonds. The summed E-state index contributed by atoms with van der Waals surface area (Å²) in [5, 5.41) is 0.738. The van der Waals surface area contributed by atoms with Gasteiger partial charge in [-0.2, -0.15) is 4.98 Å². The molecule has 0 atom stereocenters. The van der Waals surface area contributed by atoms with Crippen molar-refractivity contribution in [2.24, 2.45) is 0 Å². The van der Waals surface area contributed by atoms with Crippen LogP contribution in [0.1, 0.15) is 25.1 Å². The van der Waals surface area contributed by atoms with Crippen LogP contribution >= 0.6 is 11.6 Å². The van der Waals surface area contributed by atoms with Crippen molar-refractivity contribution in [2.45, 2.75) is 27.2 Å². The molecule has 7 heteroatoms. The van der Waals surface area contributed by atoms with Crippen molar-refractivity contribution in [3.63, 3.8) is 0 Å². The van der Waals surface area contributed by atoms with E-state index in [1.165, 1.54) is 5.56 Å². The van der Waals surface area contributed by atoms with E-state index in [0.29, 0.717) is 25.8 Å². The summed E-state index contributed by atoms with van der Waals surface area (Å²) in [5.41, 5.74) is 3.77. The number of aromatic nitrogens is 2. The number of benzene rings is 2. The maximum atomic E-state index is 5.95. The summed E-state index contributed by atoms with van der Waals surface area (Å²) in [6.45, 7) is 14.4. The second kappa shape index (κ2) is 16.4. The fourth-order valence-corrected chi connectivity index (χ4v) is 3.93. The molecule has 0 radical (unpaired) electrons. The number of nitrogens with zero attached hydrogens (tertiary/aromatic N) is 3. The molecule has 0 aliphatic heterocycles. The fourth-order valence-electron chi connectivity index (χ4n) is 3.80. The number of hydrogen-bond donors (Lipinski definition) is 0. The zero-order valence-electron chi connectivity index (χ0n) is 23.1. The highest BCUT2D eigenvalue weighted by atomic mass is 35.5. The Kier molecular flexibility index (Phi) is 12.6. The van der Waals surface area contributed by atoms with Crippen LogP contribution in [0.25, 0.3) is 11.3 Å². The first-order valence-corrected chi connectivity index (χ1v) is 13.7. The van der Waals surface area contributed by atoms with Gasteiger partial charge in [0.05, 0.1) is 12.3 Å². The predicted molar refractivity (Wildman–Crippen MR) is 160 cm³/mol. The number of rotatable bonds is 16. The fraction of sp³-hybridized carbons (Fsp3) is 0.312. The molecule has 0 aliphatic carbocycles. The van der Waals surface area contributed by atoms with Gasteiger partial charge in [-0.05, 0) is 86.3 Å². The minimum atomic E-state index is 0.317. The molecule has 2 aromatic carbocycles. The second-order valence-electron chi connectivity index (χ2n) is 8.82. The van der Waals surface area contributed by atoms with Crippen molar-refractivity contribution >= 4 is 11.6 Å². The van der Waals surface area contributed by atoms with E-state index in [1.54, 1.807) is 6.08 Å². The SMILES string of the molecule is C=C/C=C(\C=C/COc1nc(C)cc(-c2ccc(OCCc3ccc(Cl)cc3)cc2)n1)OCCN(CC)CC. The summed E-state index contributed by atoms with van der Waals surface area (Å²) < 4.78 is 17.6. The Hall–Kier alpha value is -3.61. The van der Waals surface area contributed by atoms with Crippen molar-refractivity contribution in [3.8, 4) is 23.0 Å². The highest BCUT2D eigenvalue weighted by molar-refractivity contribution is 6.30. The third-order valence-electron chi connectivity index (χ3n) is 6.00. The molecule has 0 aliphatic rings. The first-order chi connectivity index (χ1) is 19.0. The zero-order chi connectivity index (χ0) is 27.9. The maximum Gasteiger partial charge on any atom is 0.317 e. The van der Waals surface area contributed by atoms with Crippen LogP contribution in [0.4, 0.5) is 0 Å². The lowest BCUT2D eigenvalue weighted by atomic mass is 10.1. The molecule has 6 nitrogen and oxygen atoms in total. The lowest BCUT2D eigenvalue weighted by Crippen LogP contribution is -2.26. The van der Waals surface area contributed by atoms with E-state index in [4.69, 9.17) is 25.8 Å². The topological polar surface area (TPSA) is 56.7 Å². The molecule has 0 spiro atoms. The van der Waals surface area contributed by atoms with Crippen LogP contribution in [-0.4, -0.2) is 54.3 Å². The quantitative estimate of drug-likeness (QED) is 0.141. The first kappa shape index (κ1) is 29.9. The van der Waals surface area contributed by atoms with Crippen LogP contribution in [0.5, 0.6) is 11.8 Å². The molecule has 0 saturated heterocycles. The monoisotopic (exact) mass is 547 g/mol. The van der Waals surface area contributed by atoms with Gasteiger partial charge in [0.1, 0.15) is 24.7 Å². The van der Waals surface area contributed by atoms with Crippen molar-refractivity contribution < 1.29 is 14.2 Å². The van der Waals surface area contributed by atoms with Gasteiger partial charge in [0, 0.05) is 29.2 Å². The maximum absolute atomic E-state index is 5.95. The first-order valence-electron chi connectivity index (χ1n) is 13.3. The molecule has 0 unspecified atom stereocenters. The normalized spacial score (nSPS) is 11.7. The van der Waals surface area contributed by atoms with E-state index < -0.39 is 0 Å². The molecule has 1 aromatic heterocycles. The average Bonchev–Trinajstić information content (AvgIpc) is 2.94. The Labute approximate surface area is 237 Å². The molecule has 0 saturated carbocycles. The van der Waals surface area contributed by atoms with E-state index in [1.807, 2.05) is 79.7 Å². The Morgan fingerprint density at radius 1 is 0.974 bits per heavy atom.